The van der Waals surface area contributed by atoms with E-state index in [1.807, 2.05) is 24.3 Å². The van der Waals surface area contributed by atoms with Crippen LogP contribution in [0.4, 0.5) is 11.4 Å². The number of non-ortho nitro benzene ring substituents is 1. The molecule has 0 spiro atoms. The molecule has 1 amide bonds. The Labute approximate surface area is 144 Å². The van der Waals surface area contributed by atoms with Gasteiger partial charge in [0.1, 0.15) is 5.75 Å². The lowest BCUT2D eigenvalue weighted by Gasteiger charge is -2.27. The first-order valence-electron chi connectivity index (χ1n) is 8.11. The molecule has 2 aromatic carbocycles. The van der Waals surface area contributed by atoms with Gasteiger partial charge >= 0.3 is 0 Å². The summed E-state index contributed by atoms with van der Waals surface area (Å²) in [5.41, 5.74) is 6.67. The van der Waals surface area contributed by atoms with E-state index in [1.165, 1.54) is 24.6 Å². The first-order valence-corrected chi connectivity index (χ1v) is 8.11. The van der Waals surface area contributed by atoms with E-state index in [0.29, 0.717) is 12.2 Å². The van der Waals surface area contributed by atoms with E-state index in [-0.39, 0.29) is 17.4 Å². The highest BCUT2D eigenvalue weighted by atomic mass is 16.6. The number of anilines is 1. The molecule has 0 radical (unpaired) electrons. The molecule has 0 unspecified atom stereocenters. The Morgan fingerprint density at radius 1 is 1.28 bits per heavy atom. The van der Waals surface area contributed by atoms with Crippen molar-refractivity contribution in [3.05, 3.63) is 63.7 Å². The molecule has 1 fully saturated rings. The first-order chi connectivity index (χ1) is 12.0. The van der Waals surface area contributed by atoms with Crippen LogP contribution in [0.2, 0.25) is 0 Å². The third-order valence-corrected chi connectivity index (χ3v) is 4.27. The van der Waals surface area contributed by atoms with E-state index < -0.39 is 10.8 Å². The van der Waals surface area contributed by atoms with Crippen LogP contribution in [0.15, 0.2) is 42.5 Å². The Kier molecular flexibility index (Phi) is 4.83. The van der Waals surface area contributed by atoms with Gasteiger partial charge in [0.05, 0.1) is 16.6 Å². The summed E-state index contributed by atoms with van der Waals surface area (Å²) in [5.74, 6) is 0.0902. The molecule has 0 aliphatic heterocycles. The second-order valence-corrected chi connectivity index (χ2v) is 5.98. The number of nitrogens with zero attached hydrogens (tertiary/aromatic N) is 1. The number of carbonyl (C=O) groups is 1. The highest BCUT2D eigenvalue weighted by Crippen LogP contribution is 2.29. The molecule has 3 rings (SSSR count). The fraction of sp³-hybridized carbons (Fsp3) is 0.278. The molecule has 0 aromatic heterocycles. The number of hydrogen-bond acceptors (Lipinski definition) is 5. The van der Waals surface area contributed by atoms with Crippen LogP contribution in [-0.4, -0.2) is 16.9 Å². The molecule has 1 aliphatic rings. The molecular weight excluding hydrogens is 322 g/mol. The van der Waals surface area contributed by atoms with Crippen molar-refractivity contribution in [2.45, 2.75) is 31.9 Å². The maximum atomic E-state index is 11.6. The van der Waals surface area contributed by atoms with Gasteiger partial charge < -0.3 is 15.8 Å². The number of nitro groups is 1. The molecule has 1 aliphatic carbocycles. The van der Waals surface area contributed by atoms with E-state index in [2.05, 4.69) is 5.32 Å². The van der Waals surface area contributed by atoms with Gasteiger partial charge in [-0.3, -0.25) is 14.9 Å². The minimum atomic E-state index is -0.717. The largest absolute Gasteiger partial charge is 0.490 e. The number of ether oxygens (including phenoxy) is 1. The zero-order chi connectivity index (χ0) is 17.8. The summed E-state index contributed by atoms with van der Waals surface area (Å²) in [5, 5.41) is 14.0. The number of para-hydroxylation sites is 1. The molecule has 7 heteroatoms. The standard InChI is InChI=1S/C18H19N3O4/c19-18(22)15-10-13(21(23)24)8-9-16(15)20-11-12-4-1-2-7-17(12)25-14-5-3-6-14/h1-2,4,7-10,14,20H,3,5-6,11H2,(H2,19,22). The number of hydrogen-bond donors (Lipinski definition) is 2. The van der Waals surface area contributed by atoms with Gasteiger partial charge in [-0.25, -0.2) is 0 Å². The van der Waals surface area contributed by atoms with Crippen molar-refractivity contribution in [1.29, 1.82) is 0 Å². The molecule has 0 saturated heterocycles. The van der Waals surface area contributed by atoms with E-state index >= 15 is 0 Å². The summed E-state index contributed by atoms with van der Waals surface area (Å²) >= 11 is 0. The maximum Gasteiger partial charge on any atom is 0.270 e. The molecule has 0 heterocycles. The topological polar surface area (TPSA) is 107 Å². The monoisotopic (exact) mass is 341 g/mol. The Morgan fingerprint density at radius 2 is 2.04 bits per heavy atom. The Hall–Kier alpha value is -3.09. The van der Waals surface area contributed by atoms with E-state index in [4.69, 9.17) is 10.5 Å². The number of primary amides is 1. The van der Waals surface area contributed by atoms with Crippen LogP contribution in [0, 0.1) is 10.1 Å². The molecule has 7 nitrogen and oxygen atoms in total. The molecule has 0 bridgehead atoms. The maximum absolute atomic E-state index is 11.6. The first kappa shape index (κ1) is 16.8. The van der Waals surface area contributed by atoms with Crippen molar-refractivity contribution in [2.75, 3.05) is 5.32 Å². The van der Waals surface area contributed by atoms with Crippen LogP contribution < -0.4 is 15.8 Å². The third-order valence-electron chi connectivity index (χ3n) is 4.27. The van der Waals surface area contributed by atoms with Crippen molar-refractivity contribution in [3.8, 4) is 5.75 Å². The molecule has 130 valence electrons. The smallest absolute Gasteiger partial charge is 0.270 e. The number of amides is 1. The fourth-order valence-corrected chi connectivity index (χ4v) is 2.63. The van der Waals surface area contributed by atoms with E-state index in [9.17, 15) is 14.9 Å². The minimum absolute atomic E-state index is 0.0894. The molecule has 25 heavy (non-hydrogen) atoms. The SMILES string of the molecule is NC(=O)c1cc([N+](=O)[O-])ccc1NCc1ccccc1OC1CCC1. The van der Waals surface area contributed by atoms with Crippen LogP contribution in [0.3, 0.4) is 0 Å². The highest BCUT2D eigenvalue weighted by molar-refractivity contribution is 5.99. The second-order valence-electron chi connectivity index (χ2n) is 5.98. The zero-order valence-electron chi connectivity index (χ0n) is 13.6. The lowest BCUT2D eigenvalue weighted by atomic mass is 9.96. The van der Waals surface area contributed by atoms with Gasteiger partial charge in [-0.1, -0.05) is 18.2 Å². The second kappa shape index (κ2) is 7.21. The Morgan fingerprint density at radius 3 is 2.68 bits per heavy atom. The number of nitrogens with one attached hydrogen (secondary N) is 1. The molecule has 2 aromatic rings. The summed E-state index contributed by atoms with van der Waals surface area (Å²) in [6, 6.07) is 11.7. The summed E-state index contributed by atoms with van der Waals surface area (Å²) in [6.07, 6.45) is 3.59. The minimum Gasteiger partial charge on any atom is -0.490 e. The number of benzene rings is 2. The quantitative estimate of drug-likeness (QED) is 0.594. The van der Waals surface area contributed by atoms with Crippen LogP contribution >= 0.6 is 0 Å². The predicted octanol–water partition coefficient (Wildman–Crippen LogP) is 3.24. The molecule has 0 atom stereocenters. The summed E-state index contributed by atoms with van der Waals surface area (Å²) in [4.78, 5) is 21.9. The van der Waals surface area contributed by atoms with Crippen molar-refractivity contribution in [2.24, 2.45) is 5.73 Å². The Balaban J connectivity index is 1.77. The average molecular weight is 341 g/mol. The van der Waals surface area contributed by atoms with Gasteiger partial charge in [-0.15, -0.1) is 0 Å². The summed E-state index contributed by atoms with van der Waals surface area (Å²) < 4.78 is 5.98. The van der Waals surface area contributed by atoms with Crippen molar-refractivity contribution >= 4 is 17.3 Å². The van der Waals surface area contributed by atoms with Crippen LogP contribution in [0.5, 0.6) is 5.75 Å². The van der Waals surface area contributed by atoms with Gasteiger partial charge in [0.2, 0.25) is 0 Å². The van der Waals surface area contributed by atoms with Gasteiger partial charge in [-0.05, 0) is 31.4 Å². The van der Waals surface area contributed by atoms with Gasteiger partial charge in [0.15, 0.2) is 0 Å². The Bertz CT molecular complexity index is 803. The lowest BCUT2D eigenvalue weighted by Crippen LogP contribution is -2.25. The number of nitrogens with two attached hydrogens (primary N) is 1. The molecule has 3 N–H and O–H groups in total. The molecular formula is C18H19N3O4. The third kappa shape index (κ3) is 3.88. The van der Waals surface area contributed by atoms with Gasteiger partial charge in [-0.2, -0.15) is 0 Å². The lowest BCUT2D eigenvalue weighted by molar-refractivity contribution is -0.384. The summed E-state index contributed by atoms with van der Waals surface area (Å²) in [6.45, 7) is 0.418. The number of nitro benzene ring substituents is 1. The normalized spacial score (nSPS) is 13.8. The van der Waals surface area contributed by atoms with E-state index in [1.54, 1.807) is 0 Å². The number of carbonyl (C=O) groups excluding carboxylic acids is 1. The predicted molar refractivity (Wildman–Crippen MR) is 93.7 cm³/mol. The van der Waals surface area contributed by atoms with Crippen LogP contribution in [0.25, 0.3) is 0 Å². The highest BCUT2D eigenvalue weighted by Gasteiger charge is 2.20. The molecule has 1 saturated carbocycles. The zero-order valence-corrected chi connectivity index (χ0v) is 13.6. The van der Waals surface area contributed by atoms with E-state index in [0.717, 1.165) is 24.2 Å². The fourth-order valence-electron chi connectivity index (χ4n) is 2.63. The van der Waals surface area contributed by atoms with Gasteiger partial charge in [0, 0.05) is 29.9 Å². The average Bonchev–Trinajstić information content (AvgIpc) is 2.56. The van der Waals surface area contributed by atoms with Crippen molar-refractivity contribution < 1.29 is 14.5 Å². The van der Waals surface area contributed by atoms with Crippen molar-refractivity contribution in [1.82, 2.24) is 0 Å². The van der Waals surface area contributed by atoms with Crippen LogP contribution in [0.1, 0.15) is 35.2 Å². The summed E-state index contributed by atoms with van der Waals surface area (Å²) in [7, 11) is 0. The number of rotatable bonds is 7. The van der Waals surface area contributed by atoms with Crippen molar-refractivity contribution in [3.63, 3.8) is 0 Å². The van der Waals surface area contributed by atoms with Gasteiger partial charge in [0.25, 0.3) is 11.6 Å². The van der Waals surface area contributed by atoms with Crippen LogP contribution in [-0.2, 0) is 6.54 Å².